The van der Waals surface area contributed by atoms with Crippen LogP contribution in [0.5, 0.6) is 0 Å². The maximum absolute atomic E-state index is 13.1. The Balaban J connectivity index is 0.00000300. The van der Waals surface area contributed by atoms with Crippen LogP contribution in [0.3, 0.4) is 0 Å². The van der Waals surface area contributed by atoms with Crippen molar-refractivity contribution in [3.8, 4) is 0 Å². The van der Waals surface area contributed by atoms with Gasteiger partial charge in [-0.05, 0) is 48.7 Å². The fourth-order valence-electron chi connectivity index (χ4n) is 3.30. The molecule has 0 spiro atoms. The van der Waals surface area contributed by atoms with E-state index < -0.39 is 23.7 Å². The minimum atomic E-state index is -4.55. The van der Waals surface area contributed by atoms with Gasteiger partial charge in [0, 0.05) is 24.3 Å². The summed E-state index contributed by atoms with van der Waals surface area (Å²) < 4.78 is 39.2. The van der Waals surface area contributed by atoms with E-state index in [1.165, 1.54) is 11.0 Å². The topological polar surface area (TPSA) is 75.4 Å². The van der Waals surface area contributed by atoms with Gasteiger partial charge in [0.05, 0.1) is 5.56 Å². The predicted octanol–water partition coefficient (Wildman–Crippen LogP) is 3.83. The van der Waals surface area contributed by atoms with Crippen molar-refractivity contribution in [3.05, 3.63) is 65.2 Å². The second-order valence-corrected chi connectivity index (χ2v) is 6.63. The molecule has 0 aliphatic carbocycles. The maximum Gasteiger partial charge on any atom is 0.416 e. The number of hydrogen-bond acceptors (Lipinski definition) is 3. The number of anilines is 1. The first-order valence-corrected chi connectivity index (χ1v) is 8.87. The van der Waals surface area contributed by atoms with Crippen LogP contribution >= 0.6 is 12.4 Å². The molecule has 29 heavy (non-hydrogen) atoms. The van der Waals surface area contributed by atoms with Crippen molar-refractivity contribution in [2.75, 3.05) is 11.9 Å². The van der Waals surface area contributed by atoms with Crippen LogP contribution in [0.15, 0.2) is 48.5 Å². The van der Waals surface area contributed by atoms with Gasteiger partial charge in [0.2, 0.25) is 5.91 Å². The zero-order chi connectivity index (χ0) is 20.3. The fourth-order valence-corrected chi connectivity index (χ4v) is 3.30. The fraction of sp³-hybridized carbons (Fsp3) is 0.300. The summed E-state index contributed by atoms with van der Waals surface area (Å²) in [7, 11) is 0. The molecule has 0 bridgehead atoms. The first-order chi connectivity index (χ1) is 13.3. The van der Waals surface area contributed by atoms with Gasteiger partial charge in [-0.1, -0.05) is 18.2 Å². The zero-order valence-electron chi connectivity index (χ0n) is 15.4. The van der Waals surface area contributed by atoms with Crippen LogP contribution in [0.25, 0.3) is 0 Å². The summed E-state index contributed by atoms with van der Waals surface area (Å²) in [4.78, 5) is 26.8. The van der Waals surface area contributed by atoms with Crippen molar-refractivity contribution in [3.63, 3.8) is 0 Å². The first kappa shape index (κ1) is 22.7. The number of benzene rings is 2. The highest BCUT2D eigenvalue weighted by Crippen LogP contribution is 2.32. The minimum absolute atomic E-state index is 0. The van der Waals surface area contributed by atoms with E-state index >= 15 is 0 Å². The van der Waals surface area contributed by atoms with Gasteiger partial charge < -0.3 is 16.0 Å². The van der Waals surface area contributed by atoms with Crippen molar-refractivity contribution in [2.45, 2.75) is 31.6 Å². The summed E-state index contributed by atoms with van der Waals surface area (Å²) >= 11 is 0. The van der Waals surface area contributed by atoms with Crippen molar-refractivity contribution < 1.29 is 22.8 Å². The molecule has 1 fully saturated rings. The summed E-state index contributed by atoms with van der Waals surface area (Å²) in [5.74, 6) is -0.783. The quantitative estimate of drug-likeness (QED) is 0.778. The lowest BCUT2D eigenvalue weighted by Gasteiger charge is -2.24. The van der Waals surface area contributed by atoms with Crippen molar-refractivity contribution in [2.24, 2.45) is 5.73 Å². The summed E-state index contributed by atoms with van der Waals surface area (Å²) in [5.41, 5.74) is 5.33. The molecule has 0 radical (unpaired) electrons. The summed E-state index contributed by atoms with van der Waals surface area (Å²) in [6.07, 6.45) is -3.45. The third-order valence-corrected chi connectivity index (χ3v) is 4.66. The standard InChI is InChI=1S/C20H20F3N3O2.ClH/c21-20(22,23)15-9-13(12-24)10-16(11-15)25-18(27)17-7-4-8-26(17)19(28)14-5-2-1-3-6-14;/h1-3,5-6,9-11,17H,4,7-8,12,24H2,(H,25,27);1H. The molecule has 1 unspecified atom stereocenters. The Morgan fingerprint density at radius 1 is 1.14 bits per heavy atom. The second-order valence-electron chi connectivity index (χ2n) is 6.63. The monoisotopic (exact) mass is 427 g/mol. The Bertz CT molecular complexity index is 875. The van der Waals surface area contributed by atoms with Gasteiger partial charge in [-0.15, -0.1) is 12.4 Å². The summed E-state index contributed by atoms with van der Waals surface area (Å²) in [6, 6.07) is 11.1. The van der Waals surface area contributed by atoms with E-state index in [0.29, 0.717) is 24.9 Å². The molecular weight excluding hydrogens is 407 g/mol. The molecule has 3 rings (SSSR count). The molecule has 2 amide bonds. The highest BCUT2D eigenvalue weighted by atomic mass is 35.5. The Labute approximate surface area is 172 Å². The molecule has 156 valence electrons. The third kappa shape index (κ3) is 5.27. The lowest BCUT2D eigenvalue weighted by atomic mass is 10.1. The molecule has 1 atom stereocenters. The predicted molar refractivity (Wildman–Crippen MR) is 106 cm³/mol. The average Bonchev–Trinajstić information content (AvgIpc) is 3.17. The highest BCUT2D eigenvalue weighted by molar-refractivity contribution is 6.01. The zero-order valence-corrected chi connectivity index (χ0v) is 16.2. The smallest absolute Gasteiger partial charge is 0.327 e. The van der Waals surface area contributed by atoms with E-state index in [9.17, 15) is 22.8 Å². The largest absolute Gasteiger partial charge is 0.416 e. The molecular formula is C20H21ClF3N3O2. The Morgan fingerprint density at radius 2 is 1.83 bits per heavy atom. The number of rotatable bonds is 4. The van der Waals surface area contributed by atoms with Gasteiger partial charge in [-0.2, -0.15) is 13.2 Å². The van der Waals surface area contributed by atoms with E-state index in [1.807, 2.05) is 0 Å². The molecule has 0 aromatic heterocycles. The molecule has 2 aromatic rings. The number of carbonyl (C=O) groups excluding carboxylic acids is 2. The molecule has 2 aromatic carbocycles. The number of alkyl halides is 3. The number of likely N-dealkylation sites (tertiary alicyclic amines) is 1. The normalized spacial score (nSPS) is 16.3. The van der Waals surface area contributed by atoms with Gasteiger partial charge in [0.15, 0.2) is 0 Å². The molecule has 1 saturated heterocycles. The number of carbonyl (C=O) groups is 2. The van der Waals surface area contributed by atoms with E-state index in [2.05, 4.69) is 5.32 Å². The number of halogens is 4. The van der Waals surface area contributed by atoms with Crippen molar-refractivity contribution in [1.82, 2.24) is 4.90 Å². The average molecular weight is 428 g/mol. The van der Waals surface area contributed by atoms with Crippen LogP contribution < -0.4 is 11.1 Å². The van der Waals surface area contributed by atoms with Gasteiger partial charge in [-0.25, -0.2) is 0 Å². The molecule has 1 aliphatic rings. The Hall–Kier alpha value is -2.58. The van der Waals surface area contributed by atoms with Crippen LogP contribution in [0.2, 0.25) is 0 Å². The SMILES string of the molecule is Cl.NCc1cc(NC(=O)C2CCCN2C(=O)c2ccccc2)cc(C(F)(F)F)c1. The molecule has 0 saturated carbocycles. The van der Waals surface area contributed by atoms with Crippen molar-refractivity contribution >= 4 is 29.9 Å². The van der Waals surface area contributed by atoms with E-state index in [1.54, 1.807) is 30.3 Å². The van der Waals surface area contributed by atoms with Crippen LogP contribution in [-0.4, -0.2) is 29.3 Å². The Morgan fingerprint density at radius 3 is 2.45 bits per heavy atom. The van der Waals surface area contributed by atoms with Crippen LogP contribution in [-0.2, 0) is 17.5 Å². The van der Waals surface area contributed by atoms with Gasteiger partial charge in [-0.3, -0.25) is 9.59 Å². The van der Waals surface area contributed by atoms with Gasteiger partial charge in [0.25, 0.3) is 5.91 Å². The summed E-state index contributed by atoms with van der Waals surface area (Å²) in [6.45, 7) is 0.331. The number of nitrogens with one attached hydrogen (secondary N) is 1. The maximum atomic E-state index is 13.1. The molecule has 1 aliphatic heterocycles. The van der Waals surface area contributed by atoms with Crippen molar-refractivity contribution in [1.29, 1.82) is 0 Å². The molecule has 9 heteroatoms. The highest BCUT2D eigenvalue weighted by Gasteiger charge is 2.35. The van der Waals surface area contributed by atoms with E-state index in [-0.39, 0.29) is 36.1 Å². The van der Waals surface area contributed by atoms with Gasteiger partial charge in [0.1, 0.15) is 6.04 Å². The number of amides is 2. The van der Waals surface area contributed by atoms with Crippen LogP contribution in [0.4, 0.5) is 18.9 Å². The van der Waals surface area contributed by atoms with Crippen LogP contribution in [0, 0.1) is 0 Å². The van der Waals surface area contributed by atoms with E-state index in [4.69, 9.17) is 5.73 Å². The second kappa shape index (κ2) is 9.28. The number of nitrogens with zero attached hydrogens (tertiary/aromatic N) is 1. The molecule has 5 nitrogen and oxygen atoms in total. The first-order valence-electron chi connectivity index (χ1n) is 8.87. The van der Waals surface area contributed by atoms with E-state index in [0.717, 1.165) is 12.1 Å². The number of hydrogen-bond donors (Lipinski definition) is 2. The van der Waals surface area contributed by atoms with Gasteiger partial charge >= 0.3 is 6.18 Å². The molecule has 1 heterocycles. The lowest BCUT2D eigenvalue weighted by Crippen LogP contribution is -2.43. The van der Waals surface area contributed by atoms with Crippen LogP contribution in [0.1, 0.15) is 34.3 Å². The third-order valence-electron chi connectivity index (χ3n) is 4.66. The summed E-state index contributed by atoms with van der Waals surface area (Å²) in [5, 5.41) is 2.52. The minimum Gasteiger partial charge on any atom is -0.327 e. The number of nitrogens with two attached hydrogens (primary N) is 1. The molecule has 3 N–H and O–H groups in total. The Kier molecular flexibility index (Phi) is 7.26. The lowest BCUT2D eigenvalue weighted by molar-refractivity contribution is -0.137.